The average molecular weight is 382 g/mol. The molecular weight excluding hydrogens is 362 g/mol. The number of nitrogens with zero attached hydrogens (tertiary/aromatic N) is 2. The van der Waals surface area contributed by atoms with Crippen LogP contribution in [0.2, 0.25) is 5.02 Å². The van der Waals surface area contributed by atoms with E-state index in [1.807, 2.05) is 37.3 Å². The number of benzene rings is 2. The number of halogens is 1. The van der Waals surface area contributed by atoms with Gasteiger partial charge >= 0.3 is 0 Å². The van der Waals surface area contributed by atoms with Crippen LogP contribution in [0, 0.1) is 6.57 Å². The summed E-state index contributed by atoms with van der Waals surface area (Å²) >= 11 is 6.21. The van der Waals surface area contributed by atoms with Crippen LogP contribution < -0.4 is 10.1 Å². The summed E-state index contributed by atoms with van der Waals surface area (Å²) in [6, 6.07) is 9.29. The van der Waals surface area contributed by atoms with Gasteiger partial charge in [-0.05, 0) is 35.7 Å². The van der Waals surface area contributed by atoms with Gasteiger partial charge in [-0.1, -0.05) is 30.7 Å². The zero-order valence-electron chi connectivity index (χ0n) is 15.2. The van der Waals surface area contributed by atoms with E-state index in [1.165, 1.54) is 0 Å². The van der Waals surface area contributed by atoms with Crippen LogP contribution in [0.4, 0.5) is 11.4 Å². The van der Waals surface area contributed by atoms with Gasteiger partial charge in [-0.15, -0.1) is 0 Å². The number of methoxy groups -OCH3 is 1. The molecule has 3 aromatic rings. The van der Waals surface area contributed by atoms with Crippen LogP contribution in [-0.4, -0.2) is 17.2 Å². The summed E-state index contributed by atoms with van der Waals surface area (Å²) in [5.41, 5.74) is 4.87. The number of hydrogen-bond donors (Lipinski definition) is 2. The number of aryl methyl sites for hydroxylation is 1. The molecule has 0 saturated carbocycles. The minimum absolute atomic E-state index is 0.141. The molecule has 3 rings (SSSR count). The molecule has 0 fully saturated rings. The summed E-state index contributed by atoms with van der Waals surface area (Å²) in [5.74, 6) is 0.625. The van der Waals surface area contributed by atoms with E-state index in [4.69, 9.17) is 22.9 Å². The van der Waals surface area contributed by atoms with Crippen molar-refractivity contribution in [2.24, 2.45) is 0 Å². The van der Waals surface area contributed by atoms with E-state index in [0.29, 0.717) is 28.6 Å². The molecule has 5 nitrogen and oxygen atoms in total. The van der Waals surface area contributed by atoms with Gasteiger partial charge in [-0.3, -0.25) is 4.98 Å². The van der Waals surface area contributed by atoms with Crippen molar-refractivity contribution in [1.82, 2.24) is 4.98 Å². The normalized spacial score (nSPS) is 10.6. The minimum atomic E-state index is -0.141. The summed E-state index contributed by atoms with van der Waals surface area (Å²) in [6.45, 7) is 9.78. The van der Waals surface area contributed by atoms with Gasteiger partial charge in [0.05, 0.1) is 30.8 Å². The van der Waals surface area contributed by atoms with E-state index in [2.05, 4.69) is 15.1 Å². The lowest BCUT2D eigenvalue weighted by Gasteiger charge is -2.16. The van der Waals surface area contributed by atoms with Crippen molar-refractivity contribution in [3.05, 3.63) is 69.7 Å². The Morgan fingerprint density at radius 1 is 1.26 bits per heavy atom. The van der Waals surface area contributed by atoms with Gasteiger partial charge in [0.1, 0.15) is 5.75 Å². The molecule has 0 radical (unpaired) electrons. The highest BCUT2D eigenvalue weighted by molar-refractivity contribution is 6.32. The van der Waals surface area contributed by atoms with Crippen LogP contribution in [0.5, 0.6) is 5.75 Å². The molecule has 0 atom stereocenters. The largest absolute Gasteiger partial charge is 0.495 e. The Morgan fingerprint density at radius 3 is 2.70 bits per heavy atom. The second kappa shape index (κ2) is 8.26. The first-order valence-electron chi connectivity index (χ1n) is 8.60. The number of nitrogens with one attached hydrogen (secondary N) is 1. The van der Waals surface area contributed by atoms with Crippen LogP contribution in [-0.2, 0) is 19.6 Å². The Hall–Kier alpha value is -2.81. The molecule has 138 valence electrons. The van der Waals surface area contributed by atoms with E-state index in [-0.39, 0.29) is 6.61 Å². The molecule has 2 N–H and O–H groups in total. The molecule has 27 heavy (non-hydrogen) atoms. The fourth-order valence-electron chi connectivity index (χ4n) is 3.07. The van der Waals surface area contributed by atoms with Crippen LogP contribution in [0.3, 0.4) is 0 Å². The van der Waals surface area contributed by atoms with Crippen molar-refractivity contribution in [3.63, 3.8) is 0 Å². The van der Waals surface area contributed by atoms with E-state index >= 15 is 0 Å². The monoisotopic (exact) mass is 381 g/mol. The van der Waals surface area contributed by atoms with Crippen LogP contribution in [0.1, 0.15) is 23.6 Å². The molecule has 0 amide bonds. The number of hydrogen-bond acceptors (Lipinski definition) is 4. The van der Waals surface area contributed by atoms with Crippen molar-refractivity contribution in [2.75, 3.05) is 12.4 Å². The summed E-state index contributed by atoms with van der Waals surface area (Å²) in [5, 5.41) is 14.5. The molecule has 1 aromatic heterocycles. The van der Waals surface area contributed by atoms with E-state index in [9.17, 15) is 5.11 Å². The van der Waals surface area contributed by atoms with Crippen LogP contribution >= 0.6 is 11.6 Å². The molecule has 0 aliphatic rings. The molecule has 6 heteroatoms. The maximum atomic E-state index is 9.76. The van der Waals surface area contributed by atoms with Gasteiger partial charge in [-0.2, -0.15) is 0 Å². The number of anilines is 1. The van der Waals surface area contributed by atoms with E-state index < -0.39 is 0 Å². The van der Waals surface area contributed by atoms with Gasteiger partial charge in [0, 0.05) is 29.4 Å². The number of rotatable bonds is 6. The van der Waals surface area contributed by atoms with Crippen LogP contribution in [0.15, 0.2) is 36.5 Å². The molecule has 1 heterocycles. The highest BCUT2D eigenvalue weighted by Crippen LogP contribution is 2.33. The second-order valence-electron chi connectivity index (χ2n) is 6.11. The summed E-state index contributed by atoms with van der Waals surface area (Å²) in [6.07, 6.45) is 2.46. The number of fused-ring (bicyclic) bond motifs is 1. The topological polar surface area (TPSA) is 58.7 Å². The Bertz CT molecular complexity index is 1030. The Morgan fingerprint density at radius 2 is 2.07 bits per heavy atom. The lowest BCUT2D eigenvalue weighted by atomic mass is 10.0. The fraction of sp³-hybridized carbons (Fsp3) is 0.238. The SMILES string of the molecule is [C-]#[N+]c1cc(CC)c2ncc(CO)c(NCc3ccc(OC)c(Cl)c3)c2c1. The standard InChI is InChI=1S/C21H20ClN3O2/c1-4-14-8-16(23-2)9-17-20(14)25-11-15(12-26)21(17)24-10-13-5-6-19(27-3)18(22)7-13/h5-9,11,26H,4,10,12H2,1,3H3,(H,24,25). The maximum absolute atomic E-state index is 9.76. The number of aliphatic hydroxyl groups excluding tert-OH is 1. The first kappa shape index (κ1) is 19.0. The quantitative estimate of drug-likeness (QED) is 0.582. The van der Waals surface area contributed by atoms with Gasteiger partial charge in [-0.25, -0.2) is 4.85 Å². The molecule has 0 saturated heterocycles. The number of aliphatic hydroxyl groups is 1. The molecule has 0 aliphatic carbocycles. The molecule has 0 spiro atoms. The van der Waals surface area contributed by atoms with Crippen molar-refractivity contribution in [1.29, 1.82) is 0 Å². The number of aromatic nitrogens is 1. The number of pyridine rings is 1. The first-order valence-corrected chi connectivity index (χ1v) is 8.98. The van der Waals surface area contributed by atoms with Gasteiger partial charge in [0.15, 0.2) is 5.69 Å². The minimum Gasteiger partial charge on any atom is -0.495 e. The van der Waals surface area contributed by atoms with Crippen molar-refractivity contribution >= 4 is 33.9 Å². The Labute approximate surface area is 163 Å². The highest BCUT2D eigenvalue weighted by Gasteiger charge is 2.13. The lowest BCUT2D eigenvalue weighted by Crippen LogP contribution is -2.05. The first-order chi connectivity index (χ1) is 13.1. The number of ether oxygens (including phenoxy) is 1. The maximum Gasteiger partial charge on any atom is 0.188 e. The molecule has 0 aliphatic heterocycles. The predicted molar refractivity (Wildman–Crippen MR) is 109 cm³/mol. The molecule has 0 bridgehead atoms. The third kappa shape index (κ3) is 3.82. The zero-order chi connectivity index (χ0) is 19.4. The Balaban J connectivity index is 2.04. The van der Waals surface area contributed by atoms with E-state index in [0.717, 1.165) is 34.1 Å². The predicted octanol–water partition coefficient (Wildman–Crippen LogP) is 5.11. The summed E-state index contributed by atoms with van der Waals surface area (Å²) in [4.78, 5) is 8.09. The van der Waals surface area contributed by atoms with Gasteiger partial charge in [0.2, 0.25) is 0 Å². The van der Waals surface area contributed by atoms with Crippen molar-refractivity contribution < 1.29 is 9.84 Å². The van der Waals surface area contributed by atoms with Crippen molar-refractivity contribution in [3.8, 4) is 5.75 Å². The highest BCUT2D eigenvalue weighted by atomic mass is 35.5. The lowest BCUT2D eigenvalue weighted by molar-refractivity contribution is 0.282. The zero-order valence-corrected chi connectivity index (χ0v) is 16.0. The van der Waals surface area contributed by atoms with Gasteiger partial charge in [0.25, 0.3) is 0 Å². The van der Waals surface area contributed by atoms with E-state index in [1.54, 1.807) is 13.3 Å². The van der Waals surface area contributed by atoms with Crippen molar-refractivity contribution in [2.45, 2.75) is 26.5 Å². The van der Waals surface area contributed by atoms with Gasteiger partial charge < -0.3 is 15.2 Å². The average Bonchev–Trinajstić information content (AvgIpc) is 2.70. The molecule has 0 unspecified atom stereocenters. The van der Waals surface area contributed by atoms with Crippen LogP contribution in [0.25, 0.3) is 15.7 Å². The Kier molecular flexibility index (Phi) is 5.80. The third-order valence-electron chi connectivity index (χ3n) is 4.48. The summed E-state index contributed by atoms with van der Waals surface area (Å²) < 4.78 is 5.19. The second-order valence-corrected chi connectivity index (χ2v) is 6.51. The fourth-order valence-corrected chi connectivity index (χ4v) is 3.35. The third-order valence-corrected chi connectivity index (χ3v) is 4.77. The summed E-state index contributed by atoms with van der Waals surface area (Å²) in [7, 11) is 1.58. The molecule has 2 aromatic carbocycles. The smallest absolute Gasteiger partial charge is 0.188 e. The molecular formula is C21H20ClN3O2.